The van der Waals surface area contributed by atoms with Crippen molar-refractivity contribution in [1.82, 2.24) is 4.57 Å². The third-order valence-corrected chi connectivity index (χ3v) is 11.2. The van der Waals surface area contributed by atoms with Crippen LogP contribution in [0.3, 0.4) is 0 Å². The maximum Gasteiger partial charge on any atom is 0.343 e. The van der Waals surface area contributed by atoms with Crippen molar-refractivity contribution in [3.05, 3.63) is 43.2 Å². The Hall–Kier alpha value is -1.19. The van der Waals surface area contributed by atoms with Crippen LogP contribution in [0, 0.1) is 10.5 Å². The quantitative estimate of drug-likeness (QED) is 0.305. The van der Waals surface area contributed by atoms with E-state index in [4.69, 9.17) is 9.16 Å². The van der Waals surface area contributed by atoms with E-state index in [2.05, 4.69) is 56.5 Å². The normalized spacial score (nSPS) is 12.4. The Balaban J connectivity index is 2.48. The molecule has 2 rings (SSSR count). The molecule has 1 heterocycles. The number of nitrogens with zero attached hydrogens (tertiary/aromatic N) is 1. The summed E-state index contributed by atoms with van der Waals surface area (Å²) in [6.45, 7) is 16.1. The van der Waals surface area contributed by atoms with E-state index in [1.165, 1.54) is 0 Å². The van der Waals surface area contributed by atoms with Crippen LogP contribution in [-0.2, 0) is 15.7 Å². The fourth-order valence-corrected chi connectivity index (χ4v) is 4.17. The smallest absolute Gasteiger partial charge is 0.343 e. The van der Waals surface area contributed by atoms with E-state index in [0.717, 1.165) is 14.7 Å². The monoisotopic (exact) mass is 515 g/mol. The van der Waals surface area contributed by atoms with Gasteiger partial charge in [0.15, 0.2) is 8.32 Å². The van der Waals surface area contributed by atoms with Crippen LogP contribution in [0.2, 0.25) is 18.1 Å². The van der Waals surface area contributed by atoms with Crippen LogP contribution < -0.4 is 5.43 Å². The topological polar surface area (TPSA) is 57.5 Å². The Labute approximate surface area is 181 Å². The second-order valence-corrected chi connectivity index (χ2v) is 14.5. The van der Waals surface area contributed by atoms with Gasteiger partial charge in [-0.05, 0) is 72.3 Å². The van der Waals surface area contributed by atoms with Crippen LogP contribution in [-0.4, -0.2) is 32.1 Å². The SMILES string of the molecule is CCOC(=O)c1cn(CCO[Si](C)(C)C(C)(C)C)c2cc(C)c(I)cc2c1=O. The minimum Gasteiger partial charge on any atom is -0.462 e. The molecule has 7 heteroatoms. The highest BCUT2D eigenvalue weighted by atomic mass is 127. The van der Waals surface area contributed by atoms with E-state index in [0.29, 0.717) is 18.5 Å². The predicted octanol–water partition coefficient (Wildman–Crippen LogP) is 5.11. The fraction of sp³-hybridized carbons (Fsp3) is 0.524. The van der Waals surface area contributed by atoms with Crippen molar-refractivity contribution >= 4 is 47.8 Å². The molecule has 5 nitrogen and oxygen atoms in total. The Morgan fingerprint density at radius 1 is 1.25 bits per heavy atom. The van der Waals surface area contributed by atoms with Gasteiger partial charge in [0.25, 0.3) is 0 Å². The molecule has 0 radical (unpaired) electrons. The van der Waals surface area contributed by atoms with E-state index in [1.54, 1.807) is 13.1 Å². The lowest BCUT2D eigenvalue weighted by molar-refractivity contribution is 0.0524. The highest BCUT2D eigenvalue weighted by Crippen LogP contribution is 2.36. The molecule has 0 amide bonds. The van der Waals surface area contributed by atoms with Gasteiger partial charge >= 0.3 is 5.97 Å². The Morgan fingerprint density at radius 3 is 2.46 bits per heavy atom. The van der Waals surface area contributed by atoms with Crippen LogP contribution in [0.1, 0.15) is 43.6 Å². The Kier molecular flexibility index (Phi) is 7.15. The minimum atomic E-state index is -1.87. The summed E-state index contributed by atoms with van der Waals surface area (Å²) >= 11 is 2.21. The van der Waals surface area contributed by atoms with Crippen LogP contribution in [0.15, 0.2) is 23.1 Å². The largest absolute Gasteiger partial charge is 0.462 e. The second-order valence-electron chi connectivity index (χ2n) is 8.51. The first-order valence-corrected chi connectivity index (χ1v) is 13.5. The van der Waals surface area contributed by atoms with E-state index >= 15 is 0 Å². The number of fused-ring (bicyclic) bond motifs is 1. The number of aromatic nitrogens is 1. The predicted molar refractivity (Wildman–Crippen MR) is 125 cm³/mol. The van der Waals surface area contributed by atoms with Crippen molar-refractivity contribution in [2.24, 2.45) is 0 Å². The third kappa shape index (κ3) is 4.86. The molecule has 0 aliphatic heterocycles. The summed E-state index contributed by atoms with van der Waals surface area (Å²) in [5.41, 5.74) is 1.69. The molecule has 0 aliphatic rings. The Bertz CT molecular complexity index is 944. The molecule has 0 aliphatic carbocycles. The van der Waals surface area contributed by atoms with Gasteiger partial charge in [-0.2, -0.15) is 0 Å². The lowest BCUT2D eigenvalue weighted by atomic mass is 10.1. The number of carbonyl (C=O) groups excluding carboxylic acids is 1. The van der Waals surface area contributed by atoms with E-state index in [-0.39, 0.29) is 22.6 Å². The van der Waals surface area contributed by atoms with Crippen LogP contribution in [0.25, 0.3) is 10.9 Å². The number of rotatable bonds is 6. The summed E-state index contributed by atoms with van der Waals surface area (Å²) in [4.78, 5) is 25.2. The second kappa shape index (κ2) is 8.67. The number of halogens is 1. The highest BCUT2D eigenvalue weighted by Gasteiger charge is 2.36. The molecule has 0 fully saturated rings. The van der Waals surface area contributed by atoms with Crippen molar-refractivity contribution < 1.29 is 14.0 Å². The molecule has 2 aromatic rings. The number of hydrogen-bond donors (Lipinski definition) is 0. The number of esters is 1. The molecule has 1 aromatic heterocycles. The molecular weight excluding hydrogens is 485 g/mol. The summed E-state index contributed by atoms with van der Waals surface area (Å²) in [6.07, 6.45) is 1.62. The van der Waals surface area contributed by atoms with Gasteiger partial charge in [-0.3, -0.25) is 4.79 Å². The van der Waals surface area contributed by atoms with Gasteiger partial charge in [-0.15, -0.1) is 0 Å². The lowest BCUT2D eigenvalue weighted by Gasteiger charge is -2.36. The van der Waals surface area contributed by atoms with Crippen molar-refractivity contribution in [3.8, 4) is 0 Å². The zero-order chi connectivity index (χ0) is 21.3. The number of benzene rings is 1. The van der Waals surface area contributed by atoms with Crippen molar-refractivity contribution in [2.45, 2.75) is 59.3 Å². The van der Waals surface area contributed by atoms with Gasteiger partial charge in [-0.25, -0.2) is 4.79 Å². The summed E-state index contributed by atoms with van der Waals surface area (Å²) in [6, 6.07) is 3.85. The van der Waals surface area contributed by atoms with Gasteiger partial charge < -0.3 is 13.7 Å². The summed E-state index contributed by atoms with van der Waals surface area (Å²) < 4.78 is 14.3. The molecule has 0 saturated carbocycles. The molecule has 0 bridgehead atoms. The van der Waals surface area contributed by atoms with Gasteiger partial charge in [0.2, 0.25) is 5.43 Å². The summed E-state index contributed by atoms with van der Waals surface area (Å²) in [5.74, 6) is -0.580. The molecule has 1 aromatic carbocycles. The van der Waals surface area contributed by atoms with Crippen molar-refractivity contribution in [1.29, 1.82) is 0 Å². The van der Waals surface area contributed by atoms with Gasteiger partial charge in [0.05, 0.1) is 18.7 Å². The zero-order valence-corrected chi connectivity index (χ0v) is 21.0. The molecule has 0 N–H and O–H groups in total. The minimum absolute atomic E-state index is 0.0707. The summed E-state index contributed by atoms with van der Waals surface area (Å²) in [5, 5.41) is 0.661. The number of carbonyl (C=O) groups is 1. The van der Waals surface area contributed by atoms with Crippen LogP contribution in [0.4, 0.5) is 0 Å². The average Bonchev–Trinajstić information content (AvgIpc) is 2.57. The lowest BCUT2D eigenvalue weighted by Crippen LogP contribution is -2.41. The molecule has 0 saturated heterocycles. The van der Waals surface area contributed by atoms with E-state index in [1.807, 2.05) is 23.6 Å². The zero-order valence-electron chi connectivity index (χ0n) is 17.8. The average molecular weight is 515 g/mol. The summed E-state index contributed by atoms with van der Waals surface area (Å²) in [7, 11) is -1.87. The van der Waals surface area contributed by atoms with Crippen molar-refractivity contribution in [2.75, 3.05) is 13.2 Å². The molecule has 154 valence electrons. The van der Waals surface area contributed by atoms with Crippen molar-refractivity contribution in [3.63, 3.8) is 0 Å². The van der Waals surface area contributed by atoms with Crippen LogP contribution in [0.5, 0.6) is 0 Å². The number of pyridine rings is 1. The van der Waals surface area contributed by atoms with Crippen LogP contribution >= 0.6 is 22.6 Å². The number of hydrogen-bond acceptors (Lipinski definition) is 4. The first-order valence-electron chi connectivity index (χ1n) is 9.53. The first-order chi connectivity index (χ1) is 12.9. The van der Waals surface area contributed by atoms with E-state index < -0.39 is 14.3 Å². The molecular formula is C21H30INO4Si. The first kappa shape index (κ1) is 23.1. The van der Waals surface area contributed by atoms with Gasteiger partial charge in [-0.1, -0.05) is 20.8 Å². The molecule has 0 spiro atoms. The molecule has 28 heavy (non-hydrogen) atoms. The fourth-order valence-electron chi connectivity index (χ4n) is 2.67. The van der Waals surface area contributed by atoms with Gasteiger partial charge in [0.1, 0.15) is 5.56 Å². The maximum atomic E-state index is 12.9. The van der Waals surface area contributed by atoms with Gasteiger partial charge in [0, 0.05) is 21.7 Å². The third-order valence-electron chi connectivity index (χ3n) is 5.46. The Morgan fingerprint density at radius 2 is 1.89 bits per heavy atom. The van der Waals surface area contributed by atoms with E-state index in [9.17, 15) is 9.59 Å². The highest BCUT2D eigenvalue weighted by molar-refractivity contribution is 14.1. The molecule has 0 unspecified atom stereocenters. The maximum absolute atomic E-state index is 12.9. The standard InChI is InChI=1S/C21H30INO4Si/c1-8-26-20(25)16-13-23(9-10-27-28(6,7)21(3,4)5)18-11-14(2)17(22)12-15(18)19(16)24/h11-13H,8-10H2,1-7H3. The molecule has 0 atom stereocenters. The number of aryl methyl sites for hydroxylation is 1. The number of ether oxygens (including phenoxy) is 1.